The second-order valence-electron chi connectivity index (χ2n) is 4.63. The summed E-state index contributed by atoms with van der Waals surface area (Å²) in [6, 6.07) is 9.68. The largest absolute Gasteiger partial charge is 0.468 e. The highest BCUT2D eigenvalue weighted by molar-refractivity contribution is 6.31. The Balaban J connectivity index is 1.82. The predicted octanol–water partition coefficient (Wildman–Crippen LogP) is 4.15. The number of halogens is 1. The lowest BCUT2D eigenvalue weighted by Gasteiger charge is -2.07. The fourth-order valence-corrected chi connectivity index (χ4v) is 2.11. The van der Waals surface area contributed by atoms with E-state index in [2.05, 4.69) is 12.2 Å². The molecule has 1 aromatic heterocycles. The monoisotopic (exact) mass is 293 g/mol. The average Bonchev–Trinajstić information content (AvgIpc) is 2.89. The first-order valence-corrected chi connectivity index (χ1v) is 7.26. The van der Waals surface area contributed by atoms with E-state index in [9.17, 15) is 0 Å². The van der Waals surface area contributed by atoms with Gasteiger partial charge in [0.05, 0.1) is 26.0 Å². The molecule has 0 amide bonds. The summed E-state index contributed by atoms with van der Waals surface area (Å²) in [5.41, 5.74) is 2.09. The molecule has 0 aliphatic heterocycles. The average molecular weight is 294 g/mol. The van der Waals surface area contributed by atoms with E-state index in [4.69, 9.17) is 20.8 Å². The van der Waals surface area contributed by atoms with Crippen molar-refractivity contribution < 1.29 is 9.15 Å². The van der Waals surface area contributed by atoms with Crippen molar-refractivity contribution in [3.05, 3.63) is 58.5 Å². The summed E-state index contributed by atoms with van der Waals surface area (Å²) < 4.78 is 11.2. The Hall–Kier alpha value is -1.29. The normalized spacial score (nSPS) is 10.9. The molecule has 0 atom stereocenters. The fraction of sp³-hybridized carbons (Fsp3) is 0.375. The van der Waals surface area contributed by atoms with Gasteiger partial charge < -0.3 is 14.5 Å². The second kappa shape index (κ2) is 8.10. The molecule has 0 saturated heterocycles. The molecule has 1 aromatic carbocycles. The van der Waals surface area contributed by atoms with Crippen LogP contribution < -0.4 is 5.32 Å². The maximum atomic E-state index is 6.09. The highest BCUT2D eigenvalue weighted by Gasteiger charge is 2.06. The van der Waals surface area contributed by atoms with Crippen LogP contribution in [-0.2, 0) is 24.5 Å². The van der Waals surface area contributed by atoms with Gasteiger partial charge in [0.15, 0.2) is 0 Å². The maximum absolute atomic E-state index is 6.09. The maximum Gasteiger partial charge on any atom is 0.123 e. The van der Waals surface area contributed by atoms with E-state index >= 15 is 0 Å². The molecule has 2 rings (SSSR count). The van der Waals surface area contributed by atoms with Crippen LogP contribution in [0.2, 0.25) is 5.02 Å². The molecule has 108 valence electrons. The molecule has 3 nitrogen and oxygen atoms in total. The van der Waals surface area contributed by atoms with Crippen LogP contribution in [0.4, 0.5) is 0 Å². The Morgan fingerprint density at radius 1 is 1.15 bits per heavy atom. The number of hydrogen-bond acceptors (Lipinski definition) is 3. The summed E-state index contributed by atoms with van der Waals surface area (Å²) in [7, 11) is 0. The molecule has 2 aromatic rings. The van der Waals surface area contributed by atoms with Gasteiger partial charge in [-0.25, -0.2) is 0 Å². The molecular formula is C16H20ClNO2. The zero-order valence-corrected chi connectivity index (χ0v) is 12.5. The van der Waals surface area contributed by atoms with Crippen molar-refractivity contribution in [1.82, 2.24) is 5.32 Å². The van der Waals surface area contributed by atoms with E-state index in [1.807, 2.05) is 30.3 Å². The number of benzene rings is 1. The van der Waals surface area contributed by atoms with E-state index in [0.717, 1.165) is 41.4 Å². The molecule has 4 heteroatoms. The molecular weight excluding hydrogens is 274 g/mol. The van der Waals surface area contributed by atoms with Gasteiger partial charge in [0.1, 0.15) is 5.76 Å². The van der Waals surface area contributed by atoms with Gasteiger partial charge in [0, 0.05) is 10.6 Å². The fourth-order valence-electron chi connectivity index (χ4n) is 1.92. The minimum absolute atomic E-state index is 0.507. The van der Waals surface area contributed by atoms with Gasteiger partial charge in [0.2, 0.25) is 0 Å². The molecule has 0 radical (unpaired) electrons. The summed E-state index contributed by atoms with van der Waals surface area (Å²) in [6.07, 6.45) is 2.82. The first-order chi connectivity index (χ1) is 9.81. The van der Waals surface area contributed by atoms with E-state index in [0.29, 0.717) is 13.2 Å². The summed E-state index contributed by atoms with van der Waals surface area (Å²) in [6.45, 7) is 4.91. The number of rotatable bonds is 8. The zero-order valence-electron chi connectivity index (χ0n) is 11.7. The van der Waals surface area contributed by atoms with E-state index in [1.165, 1.54) is 0 Å². The lowest BCUT2D eigenvalue weighted by molar-refractivity contribution is 0.106. The first-order valence-electron chi connectivity index (χ1n) is 6.88. The Labute approximate surface area is 124 Å². The molecule has 0 saturated carbocycles. The van der Waals surface area contributed by atoms with Crippen molar-refractivity contribution in [3.8, 4) is 0 Å². The van der Waals surface area contributed by atoms with Gasteiger partial charge in [-0.3, -0.25) is 0 Å². The van der Waals surface area contributed by atoms with Gasteiger partial charge in [-0.15, -0.1) is 0 Å². The Bertz CT molecular complexity index is 525. The van der Waals surface area contributed by atoms with Crippen LogP contribution in [0.25, 0.3) is 0 Å². The summed E-state index contributed by atoms with van der Waals surface area (Å²) in [5, 5.41) is 4.06. The Morgan fingerprint density at radius 3 is 2.75 bits per heavy atom. The smallest absolute Gasteiger partial charge is 0.123 e. The summed E-state index contributed by atoms with van der Waals surface area (Å²) in [4.78, 5) is 0. The van der Waals surface area contributed by atoms with E-state index in [-0.39, 0.29) is 0 Å². The van der Waals surface area contributed by atoms with Crippen LogP contribution in [-0.4, -0.2) is 6.54 Å². The molecule has 1 heterocycles. The molecule has 0 unspecified atom stereocenters. The zero-order chi connectivity index (χ0) is 14.2. The van der Waals surface area contributed by atoms with Crippen molar-refractivity contribution in [3.63, 3.8) is 0 Å². The van der Waals surface area contributed by atoms with Gasteiger partial charge in [-0.05, 0) is 30.7 Å². The minimum Gasteiger partial charge on any atom is -0.468 e. The quantitative estimate of drug-likeness (QED) is 0.743. The summed E-state index contributed by atoms with van der Waals surface area (Å²) >= 11 is 6.09. The molecule has 0 spiro atoms. The SMILES string of the molecule is CCCNCc1occc1COCc1ccccc1Cl. The highest BCUT2D eigenvalue weighted by Crippen LogP contribution is 2.17. The highest BCUT2D eigenvalue weighted by atomic mass is 35.5. The van der Waals surface area contributed by atoms with E-state index < -0.39 is 0 Å². The van der Waals surface area contributed by atoms with Crippen molar-refractivity contribution in [2.24, 2.45) is 0 Å². The van der Waals surface area contributed by atoms with Gasteiger partial charge in [-0.1, -0.05) is 36.7 Å². The third-order valence-electron chi connectivity index (χ3n) is 3.02. The molecule has 1 N–H and O–H groups in total. The molecule has 0 aliphatic rings. The second-order valence-corrected chi connectivity index (χ2v) is 5.04. The standard InChI is InChI=1S/C16H20ClNO2/c1-2-8-18-10-16-14(7-9-20-16)12-19-11-13-5-3-4-6-15(13)17/h3-7,9,18H,2,8,10-12H2,1H3. The number of hydrogen-bond donors (Lipinski definition) is 1. The minimum atomic E-state index is 0.507. The third-order valence-corrected chi connectivity index (χ3v) is 3.39. The number of ether oxygens (including phenoxy) is 1. The third kappa shape index (κ3) is 4.37. The van der Waals surface area contributed by atoms with Crippen molar-refractivity contribution in [2.75, 3.05) is 6.54 Å². The van der Waals surface area contributed by atoms with Crippen LogP contribution in [0.1, 0.15) is 30.2 Å². The lowest BCUT2D eigenvalue weighted by atomic mass is 10.2. The van der Waals surface area contributed by atoms with Gasteiger partial charge in [-0.2, -0.15) is 0 Å². The summed E-state index contributed by atoms with van der Waals surface area (Å²) in [5.74, 6) is 0.942. The lowest BCUT2D eigenvalue weighted by Crippen LogP contribution is -2.14. The Kier molecular flexibility index (Phi) is 6.12. The van der Waals surface area contributed by atoms with Crippen LogP contribution in [0.3, 0.4) is 0 Å². The predicted molar refractivity (Wildman–Crippen MR) is 80.7 cm³/mol. The molecule has 0 aliphatic carbocycles. The van der Waals surface area contributed by atoms with Gasteiger partial charge in [0.25, 0.3) is 0 Å². The van der Waals surface area contributed by atoms with Crippen molar-refractivity contribution in [1.29, 1.82) is 0 Å². The van der Waals surface area contributed by atoms with Crippen molar-refractivity contribution >= 4 is 11.6 Å². The van der Waals surface area contributed by atoms with Crippen LogP contribution >= 0.6 is 11.6 Å². The number of nitrogens with one attached hydrogen (secondary N) is 1. The van der Waals surface area contributed by atoms with Crippen LogP contribution in [0, 0.1) is 0 Å². The van der Waals surface area contributed by atoms with Crippen LogP contribution in [0.5, 0.6) is 0 Å². The molecule has 20 heavy (non-hydrogen) atoms. The molecule has 0 fully saturated rings. The van der Waals surface area contributed by atoms with Gasteiger partial charge >= 0.3 is 0 Å². The number of furan rings is 1. The molecule has 0 bridgehead atoms. The van der Waals surface area contributed by atoms with Crippen LogP contribution in [0.15, 0.2) is 41.0 Å². The first kappa shape index (κ1) is 15.1. The Morgan fingerprint density at radius 2 is 1.95 bits per heavy atom. The van der Waals surface area contributed by atoms with Crippen molar-refractivity contribution in [2.45, 2.75) is 33.1 Å². The van der Waals surface area contributed by atoms with E-state index in [1.54, 1.807) is 6.26 Å². The topological polar surface area (TPSA) is 34.4 Å².